The van der Waals surface area contributed by atoms with Crippen LogP contribution in [0, 0.1) is 0 Å². The minimum atomic E-state index is -3.40. The quantitative estimate of drug-likeness (QED) is 0.0873. The fraction of sp³-hybridized carbons (Fsp3) is 0.429. The lowest BCUT2D eigenvalue weighted by molar-refractivity contribution is 0.0953. The largest absolute Gasteiger partial charge is 0.370 e. The van der Waals surface area contributed by atoms with Crippen molar-refractivity contribution in [3.63, 3.8) is 0 Å². The lowest BCUT2D eigenvalue weighted by atomic mass is 9.87. The van der Waals surface area contributed by atoms with Crippen LogP contribution >= 0.6 is 0 Å². The van der Waals surface area contributed by atoms with Crippen molar-refractivity contribution >= 4 is 32.9 Å². The predicted octanol–water partition coefficient (Wildman–Crippen LogP) is 3.03. The molecule has 49 heavy (non-hydrogen) atoms. The van der Waals surface area contributed by atoms with Crippen LogP contribution in [0.4, 0.5) is 0 Å². The second-order valence-corrected chi connectivity index (χ2v) is 15.9. The van der Waals surface area contributed by atoms with Crippen LogP contribution in [-0.2, 0) is 20.9 Å². The summed E-state index contributed by atoms with van der Waals surface area (Å²) < 4.78 is 28.6. The second-order valence-electron chi connectivity index (χ2n) is 14.2. The number of carbonyl (C=O) groups excluding carboxylic acids is 1. The maximum Gasteiger partial charge on any atom is 0.354 e. The molecule has 0 spiro atoms. The Bertz CT molecular complexity index is 1920. The first-order chi connectivity index (χ1) is 22.9. The molecule has 13 nitrogen and oxygen atoms in total. The van der Waals surface area contributed by atoms with Crippen LogP contribution in [-0.4, -0.2) is 67.0 Å². The minimum absolute atomic E-state index is 0.00675. The standard InChI is InChI=1S/C21H27N7O2.C14H22N2O2S/c1-21(2,3)16-11-14-12-28(20(30)27-17(14)26-16)15-7-5-13(6-8-15)18(29)24-9-4-10-25-19(22)23;1-14(2,3)11-4-6-13(7-5-11)19(17,18)16-12-8-9-15-10-12/h5-8,11-12H,4,9-10H2,1-3H3,(H,24,29)(H4,22,23,25)(H,26,27,30);4-7,12,15-16H,8-10H2,1-3H3/t;12-/m.1/s1. The number of sulfonamides is 1. The van der Waals surface area contributed by atoms with E-state index in [0.29, 0.717) is 47.8 Å². The van der Waals surface area contributed by atoms with Gasteiger partial charge < -0.3 is 27.1 Å². The summed E-state index contributed by atoms with van der Waals surface area (Å²) in [6, 6.07) is 16.0. The van der Waals surface area contributed by atoms with Crippen LogP contribution in [0.2, 0.25) is 0 Å². The van der Waals surface area contributed by atoms with Gasteiger partial charge in [-0.15, -0.1) is 0 Å². The Morgan fingerprint density at radius 3 is 2.27 bits per heavy atom. The molecule has 264 valence electrons. The maximum atomic E-state index is 12.5. The summed E-state index contributed by atoms with van der Waals surface area (Å²) in [5.41, 5.74) is 13.9. The third-order valence-electron chi connectivity index (χ3n) is 8.05. The first-order valence-electron chi connectivity index (χ1n) is 16.3. The Hall–Kier alpha value is -4.53. The number of carbonyl (C=O) groups is 1. The molecule has 0 bridgehead atoms. The average molecular weight is 692 g/mol. The molecule has 1 amide bonds. The maximum absolute atomic E-state index is 12.5. The molecule has 2 aromatic heterocycles. The molecule has 8 N–H and O–H groups in total. The SMILES string of the molecule is CC(C)(C)c1cc2cn(-c3ccc(C(=O)NCCCN=C(N)N)cc3)c(=O)nc2[nH]1.CC(C)(C)c1ccc(S(=O)(=O)N[C@@H]2CCNC2)cc1. The van der Waals surface area contributed by atoms with Gasteiger partial charge in [0.2, 0.25) is 10.0 Å². The summed E-state index contributed by atoms with van der Waals surface area (Å²) in [7, 11) is -3.40. The number of aliphatic imine (C=N–C) groups is 1. The summed E-state index contributed by atoms with van der Waals surface area (Å²) in [5, 5.41) is 6.81. The molecule has 0 aliphatic carbocycles. The van der Waals surface area contributed by atoms with Gasteiger partial charge in [0.1, 0.15) is 5.65 Å². The van der Waals surface area contributed by atoms with Gasteiger partial charge >= 0.3 is 5.69 Å². The van der Waals surface area contributed by atoms with Crippen LogP contribution in [0.3, 0.4) is 0 Å². The van der Waals surface area contributed by atoms with Crippen LogP contribution in [0.5, 0.6) is 0 Å². The van der Waals surface area contributed by atoms with Crippen molar-refractivity contribution in [3.8, 4) is 5.69 Å². The molecule has 4 aromatic rings. The van der Waals surface area contributed by atoms with Crippen molar-refractivity contribution in [2.24, 2.45) is 16.5 Å². The molecule has 2 aromatic carbocycles. The van der Waals surface area contributed by atoms with Gasteiger partial charge in [0.15, 0.2) is 5.96 Å². The molecule has 3 heterocycles. The molecular weight excluding hydrogens is 643 g/mol. The lowest BCUT2D eigenvalue weighted by Crippen LogP contribution is -2.36. The minimum Gasteiger partial charge on any atom is -0.370 e. The first-order valence-corrected chi connectivity index (χ1v) is 17.8. The van der Waals surface area contributed by atoms with E-state index in [1.807, 2.05) is 18.2 Å². The summed E-state index contributed by atoms with van der Waals surface area (Å²) in [5.74, 6) is -0.165. The van der Waals surface area contributed by atoms with E-state index in [9.17, 15) is 18.0 Å². The Morgan fingerprint density at radius 1 is 1.02 bits per heavy atom. The number of nitrogens with zero attached hydrogens (tertiary/aromatic N) is 3. The molecule has 14 heteroatoms. The number of nitrogens with one attached hydrogen (secondary N) is 4. The summed E-state index contributed by atoms with van der Waals surface area (Å²) in [6.45, 7) is 15.1. The molecule has 1 fully saturated rings. The number of amides is 1. The molecule has 1 aliphatic rings. The molecule has 1 atom stereocenters. The molecule has 0 saturated carbocycles. The number of rotatable bonds is 9. The number of nitrogens with two attached hydrogens (primary N) is 2. The van der Waals surface area contributed by atoms with Gasteiger partial charge in [-0.2, -0.15) is 4.98 Å². The van der Waals surface area contributed by atoms with Crippen molar-refractivity contribution in [3.05, 3.63) is 88.1 Å². The second kappa shape index (κ2) is 15.3. The van der Waals surface area contributed by atoms with Gasteiger partial charge in [0, 0.05) is 53.9 Å². The number of hydrogen-bond donors (Lipinski definition) is 6. The highest BCUT2D eigenvalue weighted by molar-refractivity contribution is 7.89. The van der Waals surface area contributed by atoms with Gasteiger partial charge in [-0.25, -0.2) is 17.9 Å². The van der Waals surface area contributed by atoms with Crippen molar-refractivity contribution in [1.82, 2.24) is 29.9 Å². The molecule has 1 saturated heterocycles. The zero-order chi connectivity index (χ0) is 36.0. The van der Waals surface area contributed by atoms with E-state index in [4.69, 9.17) is 11.5 Å². The molecule has 0 unspecified atom stereocenters. The Labute approximate surface area is 288 Å². The van der Waals surface area contributed by atoms with Crippen LogP contribution in [0.15, 0.2) is 75.5 Å². The van der Waals surface area contributed by atoms with Gasteiger partial charge in [-0.3, -0.25) is 14.4 Å². The number of H-pyrrole nitrogens is 1. The topological polar surface area (TPSA) is 202 Å². The summed E-state index contributed by atoms with van der Waals surface area (Å²) in [6.07, 6.45) is 3.24. The van der Waals surface area contributed by atoms with Crippen molar-refractivity contribution in [1.29, 1.82) is 0 Å². The summed E-state index contributed by atoms with van der Waals surface area (Å²) in [4.78, 5) is 36.3. The van der Waals surface area contributed by atoms with E-state index >= 15 is 0 Å². The van der Waals surface area contributed by atoms with Crippen LogP contribution in [0.25, 0.3) is 16.7 Å². The van der Waals surface area contributed by atoms with E-state index in [-0.39, 0.29) is 34.4 Å². The molecule has 0 radical (unpaired) electrons. The van der Waals surface area contributed by atoms with Crippen molar-refractivity contribution < 1.29 is 13.2 Å². The van der Waals surface area contributed by atoms with E-state index in [2.05, 4.69) is 71.9 Å². The highest BCUT2D eigenvalue weighted by atomic mass is 32.2. The van der Waals surface area contributed by atoms with E-state index in [1.54, 1.807) is 42.6 Å². The Morgan fingerprint density at radius 2 is 1.69 bits per heavy atom. The van der Waals surface area contributed by atoms with E-state index < -0.39 is 10.0 Å². The smallest absolute Gasteiger partial charge is 0.354 e. The predicted molar refractivity (Wildman–Crippen MR) is 195 cm³/mol. The van der Waals surface area contributed by atoms with Gasteiger partial charge in [0.25, 0.3) is 5.91 Å². The molecule has 5 rings (SSSR count). The molecular formula is C35H49N9O4S. The number of guanidine groups is 1. The number of aromatic nitrogens is 3. The van der Waals surface area contributed by atoms with Crippen molar-refractivity contribution in [2.45, 2.75) is 76.2 Å². The van der Waals surface area contributed by atoms with Crippen LogP contribution in [0.1, 0.15) is 76.0 Å². The van der Waals surface area contributed by atoms with Gasteiger partial charge in [0.05, 0.1) is 10.6 Å². The van der Waals surface area contributed by atoms with Gasteiger partial charge in [-0.1, -0.05) is 53.7 Å². The van der Waals surface area contributed by atoms with Crippen LogP contribution < -0.4 is 32.5 Å². The third kappa shape index (κ3) is 10.2. The van der Waals surface area contributed by atoms with E-state index in [1.165, 1.54) is 4.57 Å². The summed E-state index contributed by atoms with van der Waals surface area (Å²) >= 11 is 0. The highest BCUT2D eigenvalue weighted by Gasteiger charge is 2.23. The lowest BCUT2D eigenvalue weighted by Gasteiger charge is -2.19. The highest BCUT2D eigenvalue weighted by Crippen LogP contribution is 2.25. The fourth-order valence-corrected chi connectivity index (χ4v) is 6.40. The number of fused-ring (bicyclic) bond motifs is 1. The Kier molecular flexibility index (Phi) is 11.7. The average Bonchev–Trinajstić information content (AvgIpc) is 3.70. The van der Waals surface area contributed by atoms with Gasteiger partial charge in [-0.05, 0) is 72.8 Å². The number of benzene rings is 2. The number of hydrogen-bond acceptors (Lipinski definition) is 7. The van der Waals surface area contributed by atoms with Crippen molar-refractivity contribution in [2.75, 3.05) is 26.2 Å². The third-order valence-corrected chi connectivity index (χ3v) is 9.59. The zero-order valence-electron chi connectivity index (χ0n) is 29.1. The monoisotopic (exact) mass is 691 g/mol. The molecule has 1 aliphatic heterocycles. The first kappa shape index (κ1) is 37.3. The zero-order valence-corrected chi connectivity index (χ0v) is 29.9. The Balaban J connectivity index is 0.000000244. The fourth-order valence-electron chi connectivity index (χ4n) is 5.12. The normalized spacial score (nSPS) is 15.0. The number of aromatic amines is 1. The van der Waals surface area contributed by atoms with E-state index in [0.717, 1.165) is 29.6 Å².